The van der Waals surface area contributed by atoms with E-state index in [2.05, 4.69) is 35.8 Å². The van der Waals surface area contributed by atoms with Gasteiger partial charge < -0.3 is 4.74 Å². The molecule has 1 aliphatic rings. The van der Waals surface area contributed by atoms with Gasteiger partial charge in [-0.1, -0.05) is 60.4 Å². The fraction of sp³-hybridized carbons (Fsp3) is 0.400. The van der Waals surface area contributed by atoms with Crippen LogP contribution in [0.25, 0.3) is 0 Å². The van der Waals surface area contributed by atoms with Crippen molar-refractivity contribution in [3.63, 3.8) is 0 Å². The monoisotopic (exact) mass is 278 g/mol. The summed E-state index contributed by atoms with van der Waals surface area (Å²) in [6.45, 7) is 2.67. The first-order valence-electron chi connectivity index (χ1n) is 7.75. The SMILES string of the molecule is CCOC(/C1=C/C#CCCCCCC#C1)c1ccccc1. The van der Waals surface area contributed by atoms with Crippen LogP contribution in [0.1, 0.15) is 50.7 Å². The molecule has 0 saturated heterocycles. The van der Waals surface area contributed by atoms with Crippen LogP contribution in [-0.4, -0.2) is 6.61 Å². The molecule has 1 aromatic rings. The molecule has 0 radical (unpaired) electrons. The normalized spacial score (nSPS) is 18.8. The maximum Gasteiger partial charge on any atom is 0.116 e. The fourth-order valence-corrected chi connectivity index (χ4v) is 2.31. The number of allylic oxidation sites excluding steroid dienone is 1. The lowest BCUT2D eigenvalue weighted by atomic mass is 10.0. The van der Waals surface area contributed by atoms with E-state index in [1.807, 2.05) is 31.2 Å². The Morgan fingerprint density at radius 3 is 2.57 bits per heavy atom. The Morgan fingerprint density at radius 2 is 1.81 bits per heavy atom. The van der Waals surface area contributed by atoms with Gasteiger partial charge in [-0.2, -0.15) is 0 Å². The molecule has 0 N–H and O–H groups in total. The van der Waals surface area contributed by atoms with Crippen molar-refractivity contribution in [2.45, 2.75) is 45.1 Å². The Hall–Kier alpha value is -1.96. The number of hydrogen-bond acceptors (Lipinski definition) is 1. The maximum absolute atomic E-state index is 5.93. The number of benzene rings is 1. The summed E-state index contributed by atoms with van der Waals surface area (Å²) in [6, 6.07) is 10.3. The smallest absolute Gasteiger partial charge is 0.116 e. The van der Waals surface area contributed by atoms with Gasteiger partial charge in [0.05, 0.1) is 0 Å². The summed E-state index contributed by atoms with van der Waals surface area (Å²) in [4.78, 5) is 0. The Bertz CT molecular complexity index is 575. The predicted octanol–water partition coefficient (Wildman–Crippen LogP) is 4.66. The molecule has 108 valence electrons. The fourth-order valence-electron chi connectivity index (χ4n) is 2.31. The van der Waals surface area contributed by atoms with E-state index in [9.17, 15) is 0 Å². The quantitative estimate of drug-likeness (QED) is 0.728. The van der Waals surface area contributed by atoms with Crippen molar-refractivity contribution in [2.75, 3.05) is 6.61 Å². The van der Waals surface area contributed by atoms with Gasteiger partial charge in [0.2, 0.25) is 0 Å². The van der Waals surface area contributed by atoms with E-state index in [1.54, 1.807) is 0 Å². The molecular weight excluding hydrogens is 256 g/mol. The summed E-state index contributed by atoms with van der Waals surface area (Å²) < 4.78 is 5.93. The van der Waals surface area contributed by atoms with Crippen molar-refractivity contribution in [1.29, 1.82) is 0 Å². The summed E-state index contributed by atoms with van der Waals surface area (Å²) in [6.07, 6.45) is 7.29. The third kappa shape index (κ3) is 5.14. The summed E-state index contributed by atoms with van der Waals surface area (Å²) in [7, 11) is 0. The van der Waals surface area contributed by atoms with Crippen LogP contribution in [0.15, 0.2) is 42.0 Å². The molecule has 0 heterocycles. The van der Waals surface area contributed by atoms with Crippen LogP contribution in [0, 0.1) is 23.7 Å². The number of hydrogen-bond donors (Lipinski definition) is 0. The van der Waals surface area contributed by atoms with Crippen molar-refractivity contribution >= 4 is 0 Å². The van der Waals surface area contributed by atoms with Gasteiger partial charge in [-0.15, -0.1) is 0 Å². The van der Waals surface area contributed by atoms with E-state index < -0.39 is 0 Å². The predicted molar refractivity (Wildman–Crippen MR) is 87.5 cm³/mol. The second-order valence-corrected chi connectivity index (χ2v) is 5.03. The zero-order valence-corrected chi connectivity index (χ0v) is 12.7. The summed E-state index contributed by atoms with van der Waals surface area (Å²) in [5.74, 6) is 12.9. The topological polar surface area (TPSA) is 9.23 Å². The Balaban J connectivity index is 2.31. The van der Waals surface area contributed by atoms with Crippen LogP contribution in [0.2, 0.25) is 0 Å². The lowest BCUT2D eigenvalue weighted by molar-refractivity contribution is 0.0917. The van der Waals surface area contributed by atoms with E-state index >= 15 is 0 Å². The van der Waals surface area contributed by atoms with E-state index in [0.717, 1.165) is 30.4 Å². The van der Waals surface area contributed by atoms with Gasteiger partial charge in [0.25, 0.3) is 0 Å². The highest BCUT2D eigenvalue weighted by Crippen LogP contribution is 2.25. The average molecular weight is 278 g/mol. The number of rotatable bonds is 4. The van der Waals surface area contributed by atoms with Crippen molar-refractivity contribution in [3.8, 4) is 23.7 Å². The summed E-state index contributed by atoms with van der Waals surface area (Å²) >= 11 is 0. The molecule has 21 heavy (non-hydrogen) atoms. The minimum Gasteiger partial charge on any atom is -0.368 e. The van der Waals surface area contributed by atoms with Crippen LogP contribution < -0.4 is 0 Å². The van der Waals surface area contributed by atoms with Gasteiger partial charge in [-0.3, -0.25) is 0 Å². The van der Waals surface area contributed by atoms with Gasteiger partial charge >= 0.3 is 0 Å². The average Bonchev–Trinajstić information content (AvgIpc) is 2.59. The molecule has 1 aliphatic carbocycles. The molecule has 0 aliphatic heterocycles. The standard InChI is InChI=1S/C20H22O/c1-2-21-20(19-16-12-9-13-17-19)18-14-10-7-5-3-4-6-8-11-15-18/h9,12-13,15-17,20H,2-7H2,1H3/b18-15+. The van der Waals surface area contributed by atoms with E-state index in [1.165, 1.54) is 12.8 Å². The van der Waals surface area contributed by atoms with Crippen molar-refractivity contribution in [3.05, 3.63) is 47.5 Å². The molecule has 1 nitrogen and oxygen atoms in total. The summed E-state index contributed by atoms with van der Waals surface area (Å²) in [5, 5.41) is 0. The molecule has 1 aromatic carbocycles. The first-order chi connectivity index (χ1) is 10.4. The first kappa shape index (κ1) is 15.4. The highest BCUT2D eigenvalue weighted by Gasteiger charge is 2.15. The van der Waals surface area contributed by atoms with Gasteiger partial charge in [0, 0.05) is 31.1 Å². The van der Waals surface area contributed by atoms with Crippen LogP contribution in [0.3, 0.4) is 0 Å². The molecule has 2 rings (SSSR count). The van der Waals surface area contributed by atoms with Gasteiger partial charge in [0.15, 0.2) is 0 Å². The first-order valence-corrected chi connectivity index (χ1v) is 7.75. The molecule has 1 atom stereocenters. The lowest BCUT2D eigenvalue weighted by Gasteiger charge is -2.17. The zero-order chi connectivity index (χ0) is 14.8. The second-order valence-electron chi connectivity index (χ2n) is 5.03. The third-order valence-corrected chi connectivity index (χ3v) is 3.38. The van der Waals surface area contributed by atoms with Crippen LogP contribution in [0.5, 0.6) is 0 Å². The van der Waals surface area contributed by atoms with Crippen molar-refractivity contribution in [1.82, 2.24) is 0 Å². The minimum absolute atomic E-state index is 0.112. The highest BCUT2D eigenvalue weighted by molar-refractivity contribution is 5.42. The maximum atomic E-state index is 5.93. The third-order valence-electron chi connectivity index (χ3n) is 3.38. The lowest BCUT2D eigenvalue weighted by Crippen LogP contribution is -2.06. The Morgan fingerprint density at radius 1 is 1.05 bits per heavy atom. The molecule has 0 fully saturated rings. The Labute approximate surface area is 128 Å². The molecule has 1 heteroatoms. The van der Waals surface area contributed by atoms with E-state index in [-0.39, 0.29) is 6.10 Å². The molecule has 0 spiro atoms. The van der Waals surface area contributed by atoms with Gasteiger partial charge in [0.1, 0.15) is 6.10 Å². The zero-order valence-electron chi connectivity index (χ0n) is 12.7. The van der Waals surface area contributed by atoms with Crippen molar-refractivity contribution in [2.24, 2.45) is 0 Å². The van der Waals surface area contributed by atoms with Gasteiger partial charge in [-0.25, -0.2) is 0 Å². The van der Waals surface area contributed by atoms with Crippen molar-refractivity contribution < 1.29 is 4.74 Å². The summed E-state index contributed by atoms with van der Waals surface area (Å²) in [5.41, 5.74) is 2.11. The van der Waals surface area contributed by atoms with E-state index in [4.69, 9.17) is 4.74 Å². The molecule has 0 bridgehead atoms. The van der Waals surface area contributed by atoms with Crippen LogP contribution in [0.4, 0.5) is 0 Å². The highest BCUT2D eigenvalue weighted by atomic mass is 16.5. The molecule has 0 aromatic heterocycles. The molecular formula is C20H22O. The largest absolute Gasteiger partial charge is 0.368 e. The molecule has 0 amide bonds. The molecule has 0 saturated carbocycles. The second kappa shape index (κ2) is 9.06. The Kier molecular flexibility index (Phi) is 6.66. The van der Waals surface area contributed by atoms with Crippen LogP contribution >= 0.6 is 0 Å². The molecule has 1 unspecified atom stereocenters. The minimum atomic E-state index is -0.112. The van der Waals surface area contributed by atoms with E-state index in [0.29, 0.717) is 6.61 Å². The van der Waals surface area contributed by atoms with Gasteiger partial charge in [-0.05, 0) is 25.3 Å². The van der Waals surface area contributed by atoms with Crippen LogP contribution in [-0.2, 0) is 4.74 Å². The number of ether oxygens (including phenoxy) is 1.